The molecule has 19 heavy (non-hydrogen) atoms. The fourth-order valence-corrected chi connectivity index (χ4v) is 1.83. The van der Waals surface area contributed by atoms with E-state index in [0.717, 1.165) is 23.1 Å². The van der Waals surface area contributed by atoms with Gasteiger partial charge >= 0.3 is 6.36 Å². The van der Waals surface area contributed by atoms with Crippen LogP contribution in [0.15, 0.2) is 42.7 Å². The maximum Gasteiger partial charge on any atom is 0.573 e. The molecule has 2 rings (SSSR count). The Bertz CT molecular complexity index is 549. The lowest BCUT2D eigenvalue weighted by molar-refractivity contribution is -0.274. The minimum absolute atomic E-state index is 0.219. The number of rotatable bonds is 3. The van der Waals surface area contributed by atoms with Gasteiger partial charge in [-0.05, 0) is 41.3 Å². The van der Waals surface area contributed by atoms with Gasteiger partial charge < -0.3 is 4.74 Å². The molecule has 0 saturated heterocycles. The molecular weight excluding hydrogens is 255 g/mol. The summed E-state index contributed by atoms with van der Waals surface area (Å²) < 4.78 is 40.0. The number of hydrogen-bond acceptors (Lipinski definition) is 2. The van der Waals surface area contributed by atoms with Crippen molar-refractivity contribution in [3.63, 3.8) is 0 Å². The molecule has 0 atom stereocenters. The van der Waals surface area contributed by atoms with E-state index in [4.69, 9.17) is 0 Å². The van der Waals surface area contributed by atoms with Crippen molar-refractivity contribution < 1.29 is 17.9 Å². The van der Waals surface area contributed by atoms with E-state index in [2.05, 4.69) is 9.72 Å². The van der Waals surface area contributed by atoms with Crippen LogP contribution in [-0.2, 0) is 6.42 Å². The van der Waals surface area contributed by atoms with Gasteiger partial charge in [-0.3, -0.25) is 4.98 Å². The number of hydrogen-bond donors (Lipinski definition) is 0. The predicted octanol–water partition coefficient (Wildman–Crippen LogP) is 4.21. The molecule has 0 aliphatic rings. The van der Waals surface area contributed by atoms with Crippen LogP contribution >= 0.6 is 0 Å². The van der Waals surface area contributed by atoms with Gasteiger partial charge in [-0.15, -0.1) is 13.2 Å². The Balaban J connectivity index is 2.27. The van der Waals surface area contributed by atoms with Crippen molar-refractivity contribution in [3.8, 4) is 16.9 Å². The first kappa shape index (κ1) is 13.4. The number of halogens is 3. The standard InChI is InChI=1S/C14H12F3NO/c1-2-10-9-18-8-7-13(10)11-3-5-12(6-4-11)19-14(15,16)17/h3-9H,2H2,1H3. The van der Waals surface area contributed by atoms with E-state index in [0.29, 0.717) is 0 Å². The molecule has 0 saturated carbocycles. The zero-order valence-corrected chi connectivity index (χ0v) is 10.2. The highest BCUT2D eigenvalue weighted by atomic mass is 19.4. The molecule has 0 bridgehead atoms. The molecule has 0 spiro atoms. The number of pyridine rings is 1. The van der Waals surface area contributed by atoms with Crippen molar-refractivity contribution in [2.75, 3.05) is 0 Å². The summed E-state index contributed by atoms with van der Waals surface area (Å²) in [5, 5.41) is 0. The molecule has 1 aromatic heterocycles. The molecule has 2 aromatic rings. The Kier molecular flexibility index (Phi) is 3.74. The largest absolute Gasteiger partial charge is 0.573 e. The number of ether oxygens (including phenoxy) is 1. The summed E-state index contributed by atoms with van der Waals surface area (Å²) in [6, 6.07) is 7.68. The van der Waals surface area contributed by atoms with E-state index in [9.17, 15) is 13.2 Å². The second-order valence-corrected chi connectivity index (χ2v) is 3.96. The van der Waals surface area contributed by atoms with Crippen LogP contribution in [-0.4, -0.2) is 11.3 Å². The van der Waals surface area contributed by atoms with Crippen molar-refractivity contribution in [1.29, 1.82) is 0 Å². The average Bonchev–Trinajstić information content (AvgIpc) is 2.38. The average molecular weight is 267 g/mol. The fraction of sp³-hybridized carbons (Fsp3) is 0.214. The molecule has 1 aromatic carbocycles. The predicted molar refractivity (Wildman–Crippen MR) is 65.7 cm³/mol. The summed E-state index contributed by atoms with van der Waals surface area (Å²) in [4.78, 5) is 4.03. The normalized spacial score (nSPS) is 11.4. The highest BCUT2D eigenvalue weighted by molar-refractivity contribution is 5.67. The van der Waals surface area contributed by atoms with Gasteiger partial charge in [0.1, 0.15) is 5.75 Å². The Hall–Kier alpha value is -2.04. The highest BCUT2D eigenvalue weighted by Gasteiger charge is 2.30. The van der Waals surface area contributed by atoms with Crippen LogP contribution in [0, 0.1) is 0 Å². The number of aryl methyl sites for hydroxylation is 1. The van der Waals surface area contributed by atoms with Crippen molar-refractivity contribution in [1.82, 2.24) is 4.98 Å². The maximum atomic E-state index is 12.1. The number of benzene rings is 1. The van der Waals surface area contributed by atoms with Crippen LogP contribution in [0.4, 0.5) is 13.2 Å². The van der Waals surface area contributed by atoms with Crippen LogP contribution in [0.5, 0.6) is 5.75 Å². The van der Waals surface area contributed by atoms with Gasteiger partial charge in [-0.1, -0.05) is 19.1 Å². The van der Waals surface area contributed by atoms with Crippen LogP contribution in [0.1, 0.15) is 12.5 Å². The van der Waals surface area contributed by atoms with Crippen LogP contribution in [0.2, 0.25) is 0 Å². The minimum atomic E-state index is -4.66. The molecule has 0 radical (unpaired) electrons. The Morgan fingerprint density at radius 3 is 2.37 bits per heavy atom. The van der Waals surface area contributed by atoms with Gasteiger partial charge in [0, 0.05) is 12.4 Å². The lowest BCUT2D eigenvalue weighted by Gasteiger charge is -2.10. The number of aromatic nitrogens is 1. The van der Waals surface area contributed by atoms with Gasteiger partial charge in [0.15, 0.2) is 0 Å². The molecule has 5 heteroatoms. The Morgan fingerprint density at radius 1 is 1.11 bits per heavy atom. The van der Waals surface area contributed by atoms with Crippen molar-refractivity contribution in [2.24, 2.45) is 0 Å². The van der Waals surface area contributed by atoms with Crippen LogP contribution in [0.25, 0.3) is 11.1 Å². The van der Waals surface area contributed by atoms with Crippen molar-refractivity contribution in [3.05, 3.63) is 48.3 Å². The zero-order valence-electron chi connectivity index (χ0n) is 10.2. The Morgan fingerprint density at radius 2 is 1.79 bits per heavy atom. The third-order valence-electron chi connectivity index (χ3n) is 2.68. The van der Waals surface area contributed by atoms with E-state index in [1.807, 2.05) is 13.0 Å². The first-order chi connectivity index (χ1) is 8.99. The highest BCUT2D eigenvalue weighted by Crippen LogP contribution is 2.28. The summed E-state index contributed by atoms with van der Waals surface area (Å²) in [5.74, 6) is -0.219. The van der Waals surface area contributed by atoms with Crippen molar-refractivity contribution in [2.45, 2.75) is 19.7 Å². The lowest BCUT2D eigenvalue weighted by atomic mass is 10.0. The maximum absolute atomic E-state index is 12.1. The third-order valence-corrected chi connectivity index (χ3v) is 2.68. The fourth-order valence-electron chi connectivity index (χ4n) is 1.83. The molecule has 0 aliphatic carbocycles. The molecule has 0 unspecified atom stereocenters. The smallest absolute Gasteiger partial charge is 0.406 e. The summed E-state index contributed by atoms with van der Waals surface area (Å²) in [6.07, 6.45) is -0.430. The molecule has 0 N–H and O–H groups in total. The van der Waals surface area contributed by atoms with Gasteiger partial charge in [-0.25, -0.2) is 0 Å². The lowest BCUT2D eigenvalue weighted by Crippen LogP contribution is -2.16. The number of alkyl halides is 3. The minimum Gasteiger partial charge on any atom is -0.406 e. The molecule has 2 nitrogen and oxygen atoms in total. The van der Waals surface area contributed by atoms with E-state index in [1.165, 1.54) is 12.1 Å². The van der Waals surface area contributed by atoms with Gasteiger partial charge in [0.2, 0.25) is 0 Å². The zero-order chi connectivity index (χ0) is 13.9. The Labute approximate surface area is 108 Å². The molecular formula is C14H12F3NO. The summed E-state index contributed by atoms with van der Waals surface area (Å²) in [7, 11) is 0. The monoisotopic (exact) mass is 267 g/mol. The van der Waals surface area contributed by atoms with Crippen molar-refractivity contribution >= 4 is 0 Å². The first-order valence-electron chi connectivity index (χ1n) is 5.78. The van der Waals surface area contributed by atoms with E-state index in [-0.39, 0.29) is 5.75 Å². The SMILES string of the molecule is CCc1cnccc1-c1ccc(OC(F)(F)F)cc1. The first-order valence-corrected chi connectivity index (χ1v) is 5.78. The van der Waals surface area contributed by atoms with Gasteiger partial charge in [0.05, 0.1) is 0 Å². The second kappa shape index (κ2) is 5.30. The van der Waals surface area contributed by atoms with E-state index >= 15 is 0 Å². The van der Waals surface area contributed by atoms with E-state index < -0.39 is 6.36 Å². The molecule has 0 amide bonds. The van der Waals surface area contributed by atoms with Gasteiger partial charge in [0.25, 0.3) is 0 Å². The second-order valence-electron chi connectivity index (χ2n) is 3.96. The molecule has 100 valence electrons. The summed E-state index contributed by atoms with van der Waals surface area (Å²) in [5.41, 5.74) is 2.86. The molecule has 0 fully saturated rings. The summed E-state index contributed by atoms with van der Waals surface area (Å²) >= 11 is 0. The third kappa shape index (κ3) is 3.47. The van der Waals surface area contributed by atoms with Crippen LogP contribution in [0.3, 0.4) is 0 Å². The number of nitrogens with zero attached hydrogens (tertiary/aromatic N) is 1. The van der Waals surface area contributed by atoms with Crippen LogP contribution < -0.4 is 4.74 Å². The van der Waals surface area contributed by atoms with E-state index in [1.54, 1.807) is 24.5 Å². The molecule has 1 heterocycles. The molecule has 0 aliphatic heterocycles. The topological polar surface area (TPSA) is 22.1 Å². The van der Waals surface area contributed by atoms with Gasteiger partial charge in [-0.2, -0.15) is 0 Å². The summed E-state index contributed by atoms with van der Waals surface area (Å²) in [6.45, 7) is 2.00. The quantitative estimate of drug-likeness (QED) is 0.831.